The summed E-state index contributed by atoms with van der Waals surface area (Å²) in [6, 6.07) is 4.96. The van der Waals surface area contributed by atoms with Gasteiger partial charge in [-0.3, -0.25) is 4.90 Å². The monoisotopic (exact) mass is 280 g/mol. The third kappa shape index (κ3) is 3.30. The van der Waals surface area contributed by atoms with Gasteiger partial charge in [-0.15, -0.1) is 0 Å². The summed E-state index contributed by atoms with van der Waals surface area (Å²) in [5.41, 5.74) is 0.729. The normalized spacial score (nSPS) is 19.8. The maximum absolute atomic E-state index is 13.7. The molecule has 112 valence electrons. The Morgan fingerprint density at radius 3 is 2.70 bits per heavy atom. The van der Waals surface area contributed by atoms with Crippen molar-refractivity contribution < 1.29 is 9.50 Å². The van der Waals surface area contributed by atoms with Crippen molar-refractivity contribution in [2.24, 2.45) is 5.92 Å². The molecule has 0 bridgehead atoms. The summed E-state index contributed by atoms with van der Waals surface area (Å²) in [6.45, 7) is 8.14. The van der Waals surface area contributed by atoms with E-state index in [2.05, 4.69) is 24.1 Å². The summed E-state index contributed by atoms with van der Waals surface area (Å²) >= 11 is 0. The van der Waals surface area contributed by atoms with Gasteiger partial charge in [-0.2, -0.15) is 0 Å². The number of rotatable bonds is 5. The van der Waals surface area contributed by atoms with Crippen molar-refractivity contribution in [3.8, 4) is 5.75 Å². The molecule has 1 heterocycles. The SMILES string of the molecule is CCCC(C)[C@H](c1cccc(F)c1O)N1CCNCC1. The van der Waals surface area contributed by atoms with Crippen molar-refractivity contribution in [1.29, 1.82) is 0 Å². The molecule has 0 saturated carbocycles. The molecule has 1 aromatic carbocycles. The number of phenolic OH excluding ortho intramolecular Hbond substituents is 1. The number of aromatic hydroxyl groups is 1. The first-order chi connectivity index (χ1) is 9.65. The van der Waals surface area contributed by atoms with Crippen molar-refractivity contribution in [2.75, 3.05) is 26.2 Å². The highest BCUT2D eigenvalue weighted by atomic mass is 19.1. The van der Waals surface area contributed by atoms with Crippen LogP contribution in [0.1, 0.15) is 38.3 Å². The number of para-hydroxylation sites is 1. The predicted octanol–water partition coefficient (Wildman–Crippen LogP) is 2.91. The van der Waals surface area contributed by atoms with Crippen LogP contribution in [0.5, 0.6) is 5.75 Å². The summed E-state index contributed by atoms with van der Waals surface area (Å²) in [5.74, 6) is -0.309. The van der Waals surface area contributed by atoms with Gasteiger partial charge in [-0.1, -0.05) is 32.4 Å². The Hall–Kier alpha value is -1.13. The fourth-order valence-electron chi connectivity index (χ4n) is 3.21. The van der Waals surface area contributed by atoms with Crippen LogP contribution >= 0.6 is 0 Å². The number of hydrogen-bond donors (Lipinski definition) is 2. The van der Waals surface area contributed by atoms with Gasteiger partial charge in [0.05, 0.1) is 0 Å². The van der Waals surface area contributed by atoms with Crippen LogP contribution < -0.4 is 5.32 Å². The molecule has 0 amide bonds. The molecule has 3 nitrogen and oxygen atoms in total. The van der Waals surface area contributed by atoms with Crippen LogP contribution in [0.4, 0.5) is 4.39 Å². The minimum Gasteiger partial charge on any atom is -0.505 e. The number of nitrogens with one attached hydrogen (secondary N) is 1. The second-order valence-corrected chi connectivity index (χ2v) is 5.67. The predicted molar refractivity (Wildman–Crippen MR) is 79.3 cm³/mol. The molecule has 0 aromatic heterocycles. The van der Waals surface area contributed by atoms with E-state index in [0.717, 1.165) is 44.6 Å². The van der Waals surface area contributed by atoms with E-state index in [9.17, 15) is 9.50 Å². The molecule has 1 fully saturated rings. The van der Waals surface area contributed by atoms with Gasteiger partial charge in [-0.05, 0) is 18.4 Å². The zero-order chi connectivity index (χ0) is 14.5. The molecule has 1 saturated heterocycles. The lowest BCUT2D eigenvalue weighted by molar-refractivity contribution is 0.123. The number of piperazine rings is 1. The summed E-state index contributed by atoms with van der Waals surface area (Å²) in [5, 5.41) is 13.4. The fraction of sp³-hybridized carbons (Fsp3) is 0.625. The molecular weight excluding hydrogens is 255 g/mol. The molecule has 1 aliphatic heterocycles. The summed E-state index contributed by atoms with van der Waals surface area (Å²) < 4.78 is 13.7. The molecule has 2 atom stereocenters. The largest absolute Gasteiger partial charge is 0.505 e. The maximum Gasteiger partial charge on any atom is 0.165 e. The van der Waals surface area contributed by atoms with Crippen molar-refractivity contribution in [1.82, 2.24) is 10.2 Å². The standard InChI is InChI=1S/C16H25FN2O/c1-3-5-12(2)15(19-10-8-18-9-11-19)13-6-4-7-14(17)16(13)20/h4,6-7,12,15,18,20H,3,5,8-11H2,1-2H3/t12?,15-/m1/s1. The van der Waals surface area contributed by atoms with Crippen LogP contribution in [0.25, 0.3) is 0 Å². The lowest BCUT2D eigenvalue weighted by Crippen LogP contribution is -2.46. The van der Waals surface area contributed by atoms with Crippen LogP contribution in [-0.2, 0) is 0 Å². The maximum atomic E-state index is 13.7. The zero-order valence-corrected chi connectivity index (χ0v) is 12.4. The van der Waals surface area contributed by atoms with E-state index < -0.39 is 5.82 Å². The zero-order valence-electron chi connectivity index (χ0n) is 12.4. The Morgan fingerprint density at radius 2 is 2.05 bits per heavy atom. The van der Waals surface area contributed by atoms with Gasteiger partial charge in [-0.25, -0.2) is 4.39 Å². The van der Waals surface area contributed by atoms with E-state index in [0.29, 0.717) is 5.92 Å². The van der Waals surface area contributed by atoms with E-state index in [-0.39, 0.29) is 11.8 Å². The first-order valence-electron chi connectivity index (χ1n) is 7.57. The average Bonchev–Trinajstić information content (AvgIpc) is 2.45. The van der Waals surface area contributed by atoms with E-state index in [1.54, 1.807) is 6.07 Å². The Labute approximate surface area is 120 Å². The van der Waals surface area contributed by atoms with Crippen LogP contribution in [0, 0.1) is 11.7 Å². The molecule has 0 aliphatic carbocycles. The number of phenols is 1. The van der Waals surface area contributed by atoms with Gasteiger partial charge in [0.1, 0.15) is 0 Å². The Morgan fingerprint density at radius 1 is 1.35 bits per heavy atom. The van der Waals surface area contributed by atoms with Crippen molar-refractivity contribution in [3.05, 3.63) is 29.6 Å². The molecule has 1 aliphatic rings. The van der Waals surface area contributed by atoms with Crippen LogP contribution in [0.15, 0.2) is 18.2 Å². The summed E-state index contributed by atoms with van der Waals surface area (Å²) in [4.78, 5) is 2.37. The third-order valence-corrected chi connectivity index (χ3v) is 4.16. The highest BCUT2D eigenvalue weighted by molar-refractivity contribution is 5.36. The van der Waals surface area contributed by atoms with Gasteiger partial charge in [0.25, 0.3) is 0 Å². The molecule has 20 heavy (non-hydrogen) atoms. The molecular formula is C16H25FN2O. The molecule has 4 heteroatoms. The van der Waals surface area contributed by atoms with Crippen LogP contribution in [-0.4, -0.2) is 36.2 Å². The van der Waals surface area contributed by atoms with Crippen LogP contribution in [0.3, 0.4) is 0 Å². The van der Waals surface area contributed by atoms with Gasteiger partial charge in [0.15, 0.2) is 11.6 Å². The molecule has 2 rings (SSSR count). The van der Waals surface area contributed by atoms with E-state index in [4.69, 9.17) is 0 Å². The van der Waals surface area contributed by atoms with Gasteiger partial charge in [0.2, 0.25) is 0 Å². The van der Waals surface area contributed by atoms with Gasteiger partial charge < -0.3 is 10.4 Å². The summed E-state index contributed by atoms with van der Waals surface area (Å²) in [6.07, 6.45) is 2.17. The first-order valence-corrected chi connectivity index (χ1v) is 7.57. The van der Waals surface area contributed by atoms with Gasteiger partial charge >= 0.3 is 0 Å². The Balaban J connectivity index is 2.31. The second kappa shape index (κ2) is 7.04. The second-order valence-electron chi connectivity index (χ2n) is 5.67. The molecule has 0 radical (unpaired) electrons. The molecule has 1 aromatic rings. The number of hydrogen-bond acceptors (Lipinski definition) is 3. The highest BCUT2D eigenvalue weighted by Crippen LogP contribution is 2.37. The smallest absolute Gasteiger partial charge is 0.165 e. The minimum atomic E-state index is -0.522. The number of nitrogens with zero attached hydrogens (tertiary/aromatic N) is 1. The van der Waals surface area contributed by atoms with Crippen LogP contribution in [0.2, 0.25) is 0 Å². The molecule has 1 unspecified atom stereocenters. The molecule has 0 spiro atoms. The third-order valence-electron chi connectivity index (χ3n) is 4.16. The van der Waals surface area contributed by atoms with E-state index in [1.165, 1.54) is 6.07 Å². The van der Waals surface area contributed by atoms with E-state index in [1.807, 2.05) is 6.07 Å². The quantitative estimate of drug-likeness (QED) is 0.870. The fourth-order valence-corrected chi connectivity index (χ4v) is 3.21. The molecule has 2 N–H and O–H groups in total. The lowest BCUT2D eigenvalue weighted by Gasteiger charge is -2.39. The number of benzene rings is 1. The average molecular weight is 280 g/mol. The lowest BCUT2D eigenvalue weighted by atomic mass is 9.88. The van der Waals surface area contributed by atoms with Gasteiger partial charge in [0, 0.05) is 37.8 Å². The van der Waals surface area contributed by atoms with Crippen molar-refractivity contribution in [2.45, 2.75) is 32.7 Å². The first kappa shape index (κ1) is 15.3. The van der Waals surface area contributed by atoms with Crippen molar-refractivity contribution in [3.63, 3.8) is 0 Å². The summed E-state index contributed by atoms with van der Waals surface area (Å²) in [7, 11) is 0. The Kier molecular flexibility index (Phi) is 5.38. The minimum absolute atomic E-state index is 0.0905. The Bertz CT molecular complexity index is 432. The van der Waals surface area contributed by atoms with E-state index >= 15 is 0 Å². The number of halogens is 1. The topological polar surface area (TPSA) is 35.5 Å². The highest BCUT2D eigenvalue weighted by Gasteiger charge is 2.29. The van der Waals surface area contributed by atoms with Crippen molar-refractivity contribution >= 4 is 0 Å².